The number of aromatic nitrogens is 3. The van der Waals surface area contributed by atoms with Crippen LogP contribution in [0.3, 0.4) is 0 Å². The Hall–Kier alpha value is -2.78. The average Bonchev–Trinajstić information content (AvgIpc) is 3.30. The molecule has 0 aromatic carbocycles. The Morgan fingerprint density at radius 3 is 2.93 bits per heavy atom. The van der Waals surface area contributed by atoms with Gasteiger partial charge in [0.05, 0.1) is 6.20 Å². The molecular formula is C18H23F3N6O. The van der Waals surface area contributed by atoms with Crippen molar-refractivity contribution in [3.8, 4) is 5.88 Å². The molecule has 0 amide bonds. The van der Waals surface area contributed by atoms with Crippen LogP contribution in [0, 0.1) is 0 Å². The van der Waals surface area contributed by atoms with Gasteiger partial charge < -0.3 is 15.0 Å². The molecule has 3 heterocycles. The number of hydrogen-bond acceptors (Lipinski definition) is 4. The number of rotatable bonds is 5. The first kappa shape index (κ1) is 20.0. The van der Waals surface area contributed by atoms with E-state index in [1.54, 1.807) is 23.9 Å². The van der Waals surface area contributed by atoms with Crippen molar-refractivity contribution < 1.29 is 17.9 Å². The van der Waals surface area contributed by atoms with Gasteiger partial charge in [0.2, 0.25) is 5.88 Å². The van der Waals surface area contributed by atoms with E-state index in [1.807, 2.05) is 19.4 Å². The zero-order valence-corrected chi connectivity index (χ0v) is 15.8. The molecule has 1 N–H and O–H groups in total. The summed E-state index contributed by atoms with van der Waals surface area (Å²) in [6.07, 6.45) is 1.88. The number of nitrogens with one attached hydrogen (secondary N) is 1. The molecule has 7 nitrogen and oxygen atoms in total. The Morgan fingerprint density at radius 2 is 2.25 bits per heavy atom. The van der Waals surface area contributed by atoms with Gasteiger partial charge in [-0.05, 0) is 18.1 Å². The van der Waals surface area contributed by atoms with Crippen molar-refractivity contribution in [3.05, 3.63) is 41.9 Å². The Bertz CT molecular complexity index is 820. The standard InChI is InChI=1S/C18H23F3N6O/c1-22-17(27-7-5-14(11-27)15-9-25-26(2)10-15)24-8-13-4-3-6-23-16(13)28-12-18(19,20)21/h3-4,6,9-10,14H,5,7-8,11-12H2,1-2H3,(H,22,24). The lowest BCUT2D eigenvalue weighted by atomic mass is 10.0. The number of ether oxygens (including phenoxy) is 1. The minimum atomic E-state index is -4.41. The number of alkyl halides is 3. The van der Waals surface area contributed by atoms with Crippen LogP contribution >= 0.6 is 0 Å². The number of aliphatic imine (C=N–C) groups is 1. The maximum absolute atomic E-state index is 12.4. The van der Waals surface area contributed by atoms with Gasteiger partial charge in [-0.15, -0.1) is 0 Å². The number of guanidine groups is 1. The summed E-state index contributed by atoms with van der Waals surface area (Å²) in [5.74, 6) is 1.03. The lowest BCUT2D eigenvalue weighted by Gasteiger charge is -2.22. The number of aryl methyl sites for hydroxylation is 1. The molecule has 1 fully saturated rings. The summed E-state index contributed by atoms with van der Waals surface area (Å²) in [5.41, 5.74) is 1.73. The van der Waals surface area contributed by atoms with E-state index < -0.39 is 12.8 Å². The molecular weight excluding hydrogens is 373 g/mol. The summed E-state index contributed by atoms with van der Waals surface area (Å²) in [5, 5.41) is 7.42. The first-order valence-corrected chi connectivity index (χ1v) is 8.93. The Labute approximate surface area is 161 Å². The van der Waals surface area contributed by atoms with Crippen molar-refractivity contribution in [2.24, 2.45) is 12.0 Å². The van der Waals surface area contributed by atoms with Crippen LogP contribution in [0.25, 0.3) is 0 Å². The van der Waals surface area contributed by atoms with Crippen molar-refractivity contribution in [2.45, 2.75) is 25.1 Å². The number of likely N-dealkylation sites (tertiary alicyclic amines) is 1. The van der Waals surface area contributed by atoms with Crippen molar-refractivity contribution in [1.82, 2.24) is 25.0 Å². The third kappa shape index (κ3) is 5.14. The fourth-order valence-electron chi connectivity index (χ4n) is 3.22. The Morgan fingerprint density at radius 1 is 1.43 bits per heavy atom. The molecule has 0 saturated carbocycles. The maximum Gasteiger partial charge on any atom is 0.422 e. The largest absolute Gasteiger partial charge is 0.468 e. The van der Waals surface area contributed by atoms with Gasteiger partial charge in [-0.2, -0.15) is 18.3 Å². The predicted octanol–water partition coefficient (Wildman–Crippen LogP) is 2.32. The maximum atomic E-state index is 12.4. The fourth-order valence-corrected chi connectivity index (χ4v) is 3.22. The Kier molecular flexibility index (Phi) is 6.05. The van der Waals surface area contributed by atoms with E-state index in [4.69, 9.17) is 4.74 Å². The summed E-state index contributed by atoms with van der Waals surface area (Å²) < 4.78 is 43.9. The topological polar surface area (TPSA) is 67.6 Å². The van der Waals surface area contributed by atoms with Gasteiger partial charge in [0, 0.05) is 57.6 Å². The van der Waals surface area contributed by atoms with Gasteiger partial charge in [-0.25, -0.2) is 4.98 Å². The van der Waals surface area contributed by atoms with Crippen molar-refractivity contribution in [3.63, 3.8) is 0 Å². The number of nitrogens with zero attached hydrogens (tertiary/aromatic N) is 5. The van der Waals surface area contributed by atoms with E-state index in [9.17, 15) is 13.2 Å². The summed E-state index contributed by atoms with van der Waals surface area (Å²) >= 11 is 0. The van der Waals surface area contributed by atoms with Gasteiger partial charge >= 0.3 is 6.18 Å². The number of halogens is 3. The lowest BCUT2D eigenvalue weighted by molar-refractivity contribution is -0.154. The quantitative estimate of drug-likeness (QED) is 0.621. The minimum absolute atomic E-state index is 0.0302. The second kappa shape index (κ2) is 8.49. The van der Waals surface area contributed by atoms with Crippen LogP contribution in [0.1, 0.15) is 23.5 Å². The fraction of sp³-hybridized carbons (Fsp3) is 0.500. The molecule has 1 unspecified atom stereocenters. The summed E-state index contributed by atoms with van der Waals surface area (Å²) in [4.78, 5) is 10.3. The molecule has 0 radical (unpaired) electrons. The number of pyridine rings is 1. The molecule has 28 heavy (non-hydrogen) atoms. The number of hydrogen-bond donors (Lipinski definition) is 1. The van der Waals surface area contributed by atoms with Gasteiger partial charge in [-0.1, -0.05) is 6.07 Å². The van der Waals surface area contributed by atoms with Crippen molar-refractivity contribution >= 4 is 5.96 Å². The van der Waals surface area contributed by atoms with Gasteiger partial charge in [0.1, 0.15) is 0 Å². The van der Waals surface area contributed by atoms with Crippen LogP contribution in [-0.4, -0.2) is 58.5 Å². The van der Waals surface area contributed by atoms with Crippen LogP contribution < -0.4 is 10.1 Å². The molecule has 1 atom stereocenters. The van der Waals surface area contributed by atoms with Crippen LogP contribution in [0.2, 0.25) is 0 Å². The molecule has 0 aliphatic carbocycles. The summed E-state index contributed by atoms with van der Waals surface area (Å²) in [6.45, 7) is 0.534. The van der Waals surface area contributed by atoms with Crippen LogP contribution in [0.15, 0.2) is 35.7 Å². The SMILES string of the molecule is CN=C(NCc1cccnc1OCC(F)(F)F)N1CCC(c2cnn(C)c2)C1. The molecule has 0 bridgehead atoms. The van der Waals surface area contributed by atoms with Crippen LogP contribution in [0.5, 0.6) is 5.88 Å². The normalized spacial score (nSPS) is 17.8. The highest BCUT2D eigenvalue weighted by atomic mass is 19.4. The second-order valence-corrected chi connectivity index (χ2v) is 6.65. The van der Waals surface area contributed by atoms with E-state index in [1.165, 1.54) is 11.8 Å². The molecule has 2 aromatic heterocycles. The molecule has 0 spiro atoms. The Balaban J connectivity index is 1.59. The smallest absolute Gasteiger partial charge is 0.422 e. The minimum Gasteiger partial charge on any atom is -0.468 e. The van der Waals surface area contributed by atoms with Gasteiger partial charge in [-0.3, -0.25) is 9.67 Å². The highest BCUT2D eigenvalue weighted by Crippen LogP contribution is 2.27. The van der Waals surface area contributed by atoms with Crippen molar-refractivity contribution in [1.29, 1.82) is 0 Å². The zero-order valence-electron chi connectivity index (χ0n) is 15.8. The second-order valence-electron chi connectivity index (χ2n) is 6.65. The average molecular weight is 396 g/mol. The predicted molar refractivity (Wildman–Crippen MR) is 98.1 cm³/mol. The van der Waals surface area contributed by atoms with Crippen molar-refractivity contribution in [2.75, 3.05) is 26.7 Å². The van der Waals surface area contributed by atoms with E-state index >= 15 is 0 Å². The summed E-state index contributed by atoms with van der Waals surface area (Å²) in [6, 6.07) is 3.34. The first-order chi connectivity index (χ1) is 13.4. The summed E-state index contributed by atoms with van der Waals surface area (Å²) in [7, 11) is 3.58. The third-order valence-corrected chi connectivity index (χ3v) is 4.56. The first-order valence-electron chi connectivity index (χ1n) is 8.93. The van der Waals surface area contributed by atoms with Gasteiger partial charge in [0.25, 0.3) is 0 Å². The van der Waals surface area contributed by atoms with E-state index in [-0.39, 0.29) is 12.4 Å². The van der Waals surface area contributed by atoms with Crippen LogP contribution in [0.4, 0.5) is 13.2 Å². The van der Waals surface area contributed by atoms with E-state index in [0.717, 1.165) is 19.5 Å². The monoisotopic (exact) mass is 396 g/mol. The van der Waals surface area contributed by atoms with Crippen LogP contribution in [-0.2, 0) is 13.6 Å². The van der Waals surface area contributed by atoms with E-state index in [0.29, 0.717) is 17.4 Å². The molecule has 10 heteroatoms. The van der Waals surface area contributed by atoms with E-state index in [2.05, 4.69) is 25.3 Å². The molecule has 152 valence electrons. The highest BCUT2D eigenvalue weighted by Gasteiger charge is 2.29. The molecule has 2 aromatic rings. The molecule has 1 aliphatic rings. The molecule has 1 saturated heterocycles. The highest BCUT2D eigenvalue weighted by molar-refractivity contribution is 5.80. The third-order valence-electron chi connectivity index (χ3n) is 4.56. The zero-order chi connectivity index (χ0) is 20.1. The molecule has 3 rings (SSSR count). The van der Waals surface area contributed by atoms with Gasteiger partial charge in [0.15, 0.2) is 12.6 Å². The molecule has 1 aliphatic heterocycles. The lowest BCUT2D eigenvalue weighted by Crippen LogP contribution is -2.39.